The largest absolute Gasteiger partial charge is 0.376 e. The Bertz CT molecular complexity index is 671. The van der Waals surface area contributed by atoms with Crippen LogP contribution in [0.2, 0.25) is 0 Å². The van der Waals surface area contributed by atoms with Gasteiger partial charge in [0.25, 0.3) is 0 Å². The van der Waals surface area contributed by atoms with Crippen molar-refractivity contribution < 1.29 is 9.47 Å². The van der Waals surface area contributed by atoms with Crippen LogP contribution in [-0.4, -0.2) is 34.6 Å². The first-order chi connectivity index (χ1) is 10.4. The summed E-state index contributed by atoms with van der Waals surface area (Å²) >= 11 is 0. The molecule has 0 spiro atoms. The zero-order valence-corrected chi connectivity index (χ0v) is 12.0. The van der Waals surface area contributed by atoms with Crippen LogP contribution in [-0.2, 0) is 9.47 Å². The molecular formula is C16H19N3O2. The molecule has 110 valence electrons. The maximum atomic E-state index is 5.81. The summed E-state index contributed by atoms with van der Waals surface area (Å²) < 4.78 is 13.2. The van der Waals surface area contributed by atoms with Crippen LogP contribution in [0, 0.1) is 0 Å². The van der Waals surface area contributed by atoms with Crippen LogP contribution >= 0.6 is 0 Å². The number of fused-ring (bicyclic) bond motifs is 1. The lowest BCUT2D eigenvalue weighted by Gasteiger charge is -2.23. The summed E-state index contributed by atoms with van der Waals surface area (Å²) in [5.41, 5.74) is 3.26. The van der Waals surface area contributed by atoms with Crippen molar-refractivity contribution in [2.24, 2.45) is 0 Å². The second kappa shape index (κ2) is 5.58. The second-order valence-corrected chi connectivity index (χ2v) is 5.62. The zero-order chi connectivity index (χ0) is 14.1. The molecule has 0 radical (unpaired) electrons. The van der Waals surface area contributed by atoms with Gasteiger partial charge in [-0.25, -0.2) is 9.67 Å². The van der Waals surface area contributed by atoms with Crippen LogP contribution in [0.25, 0.3) is 16.6 Å². The molecule has 1 unspecified atom stereocenters. The van der Waals surface area contributed by atoms with Crippen LogP contribution in [0.1, 0.15) is 37.5 Å². The number of hydrogen-bond acceptors (Lipinski definition) is 4. The Morgan fingerprint density at radius 2 is 2.19 bits per heavy atom. The standard InChI is InChI=1S/C16H19N3O2/c1-2-7-21-15(5-1)19-16-14(10-18-19)8-13(9-17-16)12-4-3-6-20-11-12/h4,8-10,15H,1-3,5-7,11H2. The normalized spacial score (nSPS) is 23.2. The molecule has 5 nitrogen and oxygen atoms in total. The SMILES string of the molecule is C1=C(c2cnc3c(cnn3C3CCCCO3)c2)COCC1. The van der Waals surface area contributed by atoms with Gasteiger partial charge >= 0.3 is 0 Å². The first-order valence-corrected chi connectivity index (χ1v) is 7.64. The lowest BCUT2D eigenvalue weighted by atomic mass is 10.1. The van der Waals surface area contributed by atoms with Gasteiger partial charge in [0.1, 0.15) is 0 Å². The Morgan fingerprint density at radius 1 is 1.19 bits per heavy atom. The monoisotopic (exact) mass is 285 g/mol. The fraction of sp³-hybridized carbons (Fsp3) is 0.500. The first kappa shape index (κ1) is 13.0. The van der Waals surface area contributed by atoms with Gasteiger partial charge in [0.15, 0.2) is 11.9 Å². The summed E-state index contributed by atoms with van der Waals surface area (Å²) in [6, 6.07) is 2.15. The number of hydrogen-bond donors (Lipinski definition) is 0. The summed E-state index contributed by atoms with van der Waals surface area (Å²) in [6.45, 7) is 2.30. The minimum Gasteiger partial charge on any atom is -0.376 e. The van der Waals surface area contributed by atoms with Crippen molar-refractivity contribution in [3.05, 3.63) is 30.1 Å². The lowest BCUT2D eigenvalue weighted by Crippen LogP contribution is -2.19. The fourth-order valence-electron chi connectivity index (χ4n) is 3.00. The van der Waals surface area contributed by atoms with Crippen LogP contribution in [0.3, 0.4) is 0 Å². The van der Waals surface area contributed by atoms with Crippen LogP contribution in [0.4, 0.5) is 0 Å². The molecule has 2 aromatic rings. The van der Waals surface area contributed by atoms with E-state index in [0.717, 1.165) is 49.1 Å². The van der Waals surface area contributed by atoms with Gasteiger partial charge in [-0.15, -0.1) is 0 Å². The topological polar surface area (TPSA) is 49.2 Å². The molecule has 2 aliphatic rings. The molecule has 21 heavy (non-hydrogen) atoms. The number of rotatable bonds is 2. The average molecular weight is 285 g/mol. The van der Waals surface area contributed by atoms with Crippen molar-refractivity contribution in [2.75, 3.05) is 19.8 Å². The average Bonchev–Trinajstić information content (AvgIpc) is 2.99. The number of nitrogens with zero attached hydrogens (tertiary/aromatic N) is 3. The van der Waals surface area contributed by atoms with E-state index >= 15 is 0 Å². The number of pyridine rings is 1. The maximum absolute atomic E-state index is 5.81. The highest BCUT2D eigenvalue weighted by atomic mass is 16.5. The summed E-state index contributed by atoms with van der Waals surface area (Å²) in [5.74, 6) is 0. The van der Waals surface area contributed by atoms with E-state index in [4.69, 9.17) is 9.47 Å². The Kier molecular flexibility index (Phi) is 3.45. The number of ether oxygens (including phenoxy) is 2. The van der Waals surface area contributed by atoms with Gasteiger partial charge in [-0.2, -0.15) is 5.10 Å². The molecule has 2 aliphatic heterocycles. The van der Waals surface area contributed by atoms with Crippen molar-refractivity contribution >= 4 is 16.6 Å². The van der Waals surface area contributed by atoms with Crippen molar-refractivity contribution in [1.29, 1.82) is 0 Å². The maximum Gasteiger partial charge on any atom is 0.160 e. The van der Waals surface area contributed by atoms with Crippen molar-refractivity contribution in [3.8, 4) is 0 Å². The third-order valence-electron chi connectivity index (χ3n) is 4.14. The molecule has 5 heteroatoms. The third kappa shape index (κ3) is 2.47. The molecule has 2 aromatic heterocycles. The van der Waals surface area contributed by atoms with E-state index in [1.807, 2.05) is 17.1 Å². The highest BCUT2D eigenvalue weighted by Gasteiger charge is 2.19. The molecule has 0 saturated carbocycles. The van der Waals surface area contributed by atoms with E-state index < -0.39 is 0 Å². The predicted molar refractivity (Wildman–Crippen MR) is 79.8 cm³/mol. The van der Waals surface area contributed by atoms with E-state index in [1.165, 1.54) is 12.0 Å². The van der Waals surface area contributed by atoms with Crippen molar-refractivity contribution in [3.63, 3.8) is 0 Å². The smallest absolute Gasteiger partial charge is 0.160 e. The van der Waals surface area contributed by atoms with E-state index in [2.05, 4.69) is 22.2 Å². The summed E-state index contributed by atoms with van der Waals surface area (Å²) in [7, 11) is 0. The third-order valence-corrected chi connectivity index (χ3v) is 4.14. The molecular weight excluding hydrogens is 266 g/mol. The summed E-state index contributed by atoms with van der Waals surface area (Å²) in [5, 5.41) is 5.55. The second-order valence-electron chi connectivity index (χ2n) is 5.62. The Morgan fingerprint density at radius 3 is 3.00 bits per heavy atom. The highest BCUT2D eigenvalue weighted by Crippen LogP contribution is 2.27. The molecule has 0 aliphatic carbocycles. The highest BCUT2D eigenvalue weighted by molar-refractivity contribution is 5.80. The van der Waals surface area contributed by atoms with Crippen LogP contribution in [0.15, 0.2) is 24.5 Å². The van der Waals surface area contributed by atoms with E-state index in [-0.39, 0.29) is 6.23 Å². The molecule has 4 rings (SSSR count). The van der Waals surface area contributed by atoms with Gasteiger partial charge in [-0.05, 0) is 42.9 Å². The molecule has 1 atom stereocenters. The quantitative estimate of drug-likeness (QED) is 0.851. The Labute approximate surface area is 123 Å². The number of aromatic nitrogens is 3. The van der Waals surface area contributed by atoms with Gasteiger partial charge in [0.05, 0.1) is 19.4 Å². The summed E-state index contributed by atoms with van der Waals surface area (Å²) in [6.07, 6.45) is 10.4. The minimum absolute atomic E-state index is 0.0341. The molecule has 1 saturated heterocycles. The molecule has 0 N–H and O–H groups in total. The fourth-order valence-corrected chi connectivity index (χ4v) is 3.00. The van der Waals surface area contributed by atoms with E-state index in [9.17, 15) is 0 Å². The Hall–Kier alpha value is -1.72. The summed E-state index contributed by atoms with van der Waals surface area (Å²) in [4.78, 5) is 4.62. The predicted octanol–water partition coefficient (Wildman–Crippen LogP) is 2.93. The van der Waals surface area contributed by atoms with Gasteiger partial charge < -0.3 is 9.47 Å². The Balaban J connectivity index is 1.68. The van der Waals surface area contributed by atoms with Crippen LogP contribution < -0.4 is 0 Å². The van der Waals surface area contributed by atoms with Crippen molar-refractivity contribution in [1.82, 2.24) is 14.8 Å². The lowest BCUT2D eigenvalue weighted by molar-refractivity contribution is -0.0370. The van der Waals surface area contributed by atoms with Gasteiger partial charge in [0.2, 0.25) is 0 Å². The molecule has 4 heterocycles. The first-order valence-electron chi connectivity index (χ1n) is 7.64. The van der Waals surface area contributed by atoms with Gasteiger partial charge in [-0.1, -0.05) is 6.08 Å². The van der Waals surface area contributed by atoms with Crippen LogP contribution in [0.5, 0.6) is 0 Å². The zero-order valence-electron chi connectivity index (χ0n) is 12.0. The molecule has 0 aromatic carbocycles. The van der Waals surface area contributed by atoms with E-state index in [0.29, 0.717) is 6.61 Å². The molecule has 1 fully saturated rings. The van der Waals surface area contributed by atoms with Gasteiger partial charge in [-0.3, -0.25) is 0 Å². The molecule has 0 bridgehead atoms. The van der Waals surface area contributed by atoms with Gasteiger partial charge in [0, 0.05) is 18.2 Å². The minimum atomic E-state index is 0.0341. The van der Waals surface area contributed by atoms with Crippen molar-refractivity contribution in [2.45, 2.75) is 31.9 Å². The molecule has 0 amide bonds. The van der Waals surface area contributed by atoms with E-state index in [1.54, 1.807) is 0 Å².